The molecule has 0 aliphatic rings. The fourth-order valence-electron chi connectivity index (χ4n) is 5.54. The van der Waals surface area contributed by atoms with Crippen molar-refractivity contribution in [2.45, 2.75) is 65.3 Å². The molecule has 0 amide bonds. The number of para-hydroxylation sites is 1. The zero-order chi connectivity index (χ0) is 27.4. The molecule has 0 spiro atoms. The molecule has 3 heteroatoms. The Labute approximate surface area is 232 Å². The number of aromatic nitrogens is 1. The summed E-state index contributed by atoms with van der Waals surface area (Å²) in [7, 11) is 0. The van der Waals surface area contributed by atoms with Crippen LogP contribution >= 0.6 is 0 Å². The molecular weight excluding hydrogens is 476 g/mol. The van der Waals surface area contributed by atoms with Crippen molar-refractivity contribution in [1.82, 2.24) is 4.57 Å². The van der Waals surface area contributed by atoms with E-state index in [2.05, 4.69) is 105 Å². The highest BCUT2D eigenvalue weighted by Crippen LogP contribution is 2.37. The molecule has 0 radical (unpaired) electrons. The minimum absolute atomic E-state index is 0.0571. The van der Waals surface area contributed by atoms with Gasteiger partial charge in [0.2, 0.25) is 0 Å². The number of nitriles is 1. The number of benzene rings is 4. The fraction of sp³-hybridized carbons (Fsp3) is 0.306. The van der Waals surface area contributed by atoms with Gasteiger partial charge in [-0.25, -0.2) is 0 Å². The maximum Gasteiger partial charge on any atom is 0.174 e. The molecular formula is C36H38N2O. The van der Waals surface area contributed by atoms with E-state index in [1.165, 1.54) is 63.5 Å². The molecule has 5 aromatic rings. The topological polar surface area (TPSA) is 37.9 Å². The van der Waals surface area contributed by atoms with Gasteiger partial charge < -0.3 is 9.30 Å². The third-order valence-corrected chi connectivity index (χ3v) is 7.66. The molecule has 0 aliphatic heterocycles. The van der Waals surface area contributed by atoms with Gasteiger partial charge in [-0.05, 0) is 75.5 Å². The first-order valence-corrected chi connectivity index (χ1v) is 14.1. The number of hydrogen-bond acceptors (Lipinski definition) is 2. The Morgan fingerprint density at radius 3 is 2.33 bits per heavy atom. The van der Waals surface area contributed by atoms with E-state index in [9.17, 15) is 0 Å². The Bertz CT molecular complexity index is 1630. The molecule has 0 atom stereocenters. The Morgan fingerprint density at radius 2 is 1.59 bits per heavy atom. The molecule has 0 N–H and O–H groups in total. The highest BCUT2D eigenvalue weighted by Gasteiger charge is 2.20. The highest BCUT2D eigenvalue weighted by atomic mass is 16.5. The van der Waals surface area contributed by atoms with Crippen LogP contribution in [-0.2, 0) is 18.4 Å². The number of hydrogen-bond donors (Lipinski definition) is 0. The van der Waals surface area contributed by atoms with Gasteiger partial charge in [-0.2, -0.15) is 5.26 Å². The summed E-state index contributed by atoms with van der Waals surface area (Å²) < 4.78 is 8.06. The third-order valence-electron chi connectivity index (χ3n) is 7.66. The van der Waals surface area contributed by atoms with Crippen molar-refractivity contribution in [3.05, 3.63) is 102 Å². The number of unbranched alkanes of at least 4 members (excludes halogenated alkanes) is 2. The van der Waals surface area contributed by atoms with Crippen molar-refractivity contribution in [3.63, 3.8) is 0 Å². The normalized spacial score (nSPS) is 11.7. The Balaban J connectivity index is 1.64. The first-order chi connectivity index (χ1) is 18.9. The van der Waals surface area contributed by atoms with E-state index >= 15 is 0 Å². The summed E-state index contributed by atoms with van der Waals surface area (Å²) in [5.74, 6) is 0.727. The second-order valence-electron chi connectivity index (χ2n) is 11.5. The number of fused-ring (bicyclic) bond motifs is 2. The van der Waals surface area contributed by atoms with Crippen LogP contribution in [-0.4, -0.2) is 11.2 Å². The van der Waals surface area contributed by atoms with Gasteiger partial charge in [0, 0.05) is 17.4 Å². The second kappa shape index (κ2) is 11.4. The SMILES string of the molecule is CCCCCc1c(-c2ccc3cc(OCC#N)ccc3c2)n(Cc2ccc(C(C)(C)C)cc2)c2ccccc12. The summed E-state index contributed by atoms with van der Waals surface area (Å²) in [4.78, 5) is 0. The van der Waals surface area contributed by atoms with Gasteiger partial charge in [0.25, 0.3) is 0 Å². The second-order valence-corrected chi connectivity index (χ2v) is 11.5. The van der Waals surface area contributed by atoms with Gasteiger partial charge in [-0.3, -0.25) is 0 Å². The lowest BCUT2D eigenvalue weighted by Gasteiger charge is -2.20. The molecule has 0 fully saturated rings. The summed E-state index contributed by atoms with van der Waals surface area (Å²) in [6, 6.07) is 32.9. The Hall–Kier alpha value is -4.03. The number of ether oxygens (including phenoxy) is 1. The largest absolute Gasteiger partial charge is 0.479 e. The first kappa shape index (κ1) is 26.6. The van der Waals surface area contributed by atoms with Crippen molar-refractivity contribution in [2.75, 3.05) is 6.61 Å². The van der Waals surface area contributed by atoms with Crippen LogP contribution in [0.5, 0.6) is 5.75 Å². The number of rotatable bonds is 9. The quantitative estimate of drug-likeness (QED) is 0.184. The van der Waals surface area contributed by atoms with Crippen LogP contribution in [0.25, 0.3) is 32.9 Å². The molecule has 0 saturated heterocycles. The van der Waals surface area contributed by atoms with Crippen LogP contribution in [0.2, 0.25) is 0 Å². The predicted octanol–water partition coefficient (Wildman–Crippen LogP) is 9.44. The van der Waals surface area contributed by atoms with E-state index in [1.807, 2.05) is 18.2 Å². The Kier molecular flexibility index (Phi) is 7.75. The standard InChI is InChI=1S/C36H38N2O/c1-5-6-7-11-33-32-10-8-9-12-34(32)38(25-26-13-18-30(19-14-26)36(2,3)4)35(33)29-16-15-28-24-31(39-22-21-37)20-17-27(28)23-29/h8-10,12-20,23-24H,5-7,11,22,25H2,1-4H3. The minimum Gasteiger partial charge on any atom is -0.479 e. The Morgan fingerprint density at radius 1 is 0.846 bits per heavy atom. The maximum absolute atomic E-state index is 8.87. The van der Waals surface area contributed by atoms with Crippen molar-refractivity contribution >= 4 is 21.7 Å². The smallest absolute Gasteiger partial charge is 0.174 e. The molecule has 198 valence electrons. The lowest BCUT2D eigenvalue weighted by atomic mass is 9.87. The third kappa shape index (κ3) is 5.71. The molecule has 5 rings (SSSR count). The summed E-state index contributed by atoms with van der Waals surface area (Å²) >= 11 is 0. The predicted molar refractivity (Wildman–Crippen MR) is 163 cm³/mol. The van der Waals surface area contributed by atoms with Crippen molar-refractivity contribution in [2.24, 2.45) is 0 Å². The summed E-state index contributed by atoms with van der Waals surface area (Å²) in [5.41, 5.74) is 8.10. The fourth-order valence-corrected chi connectivity index (χ4v) is 5.54. The molecule has 0 bridgehead atoms. The molecule has 1 aromatic heterocycles. The van der Waals surface area contributed by atoms with Crippen molar-refractivity contribution in [1.29, 1.82) is 5.26 Å². The van der Waals surface area contributed by atoms with E-state index in [0.29, 0.717) is 0 Å². The molecule has 0 unspecified atom stereocenters. The van der Waals surface area contributed by atoms with Crippen LogP contribution in [0, 0.1) is 11.3 Å². The lowest BCUT2D eigenvalue weighted by molar-refractivity contribution is 0.368. The van der Waals surface area contributed by atoms with E-state index < -0.39 is 0 Å². The summed E-state index contributed by atoms with van der Waals surface area (Å²) in [6.45, 7) is 9.94. The molecule has 39 heavy (non-hydrogen) atoms. The number of aryl methyl sites for hydroxylation is 1. The average molecular weight is 515 g/mol. The van der Waals surface area contributed by atoms with Gasteiger partial charge in [0.1, 0.15) is 11.8 Å². The van der Waals surface area contributed by atoms with Gasteiger partial charge in [-0.15, -0.1) is 0 Å². The molecule has 3 nitrogen and oxygen atoms in total. The van der Waals surface area contributed by atoms with Crippen LogP contribution in [0.3, 0.4) is 0 Å². The van der Waals surface area contributed by atoms with Crippen LogP contribution in [0.4, 0.5) is 0 Å². The van der Waals surface area contributed by atoms with Crippen molar-refractivity contribution < 1.29 is 4.74 Å². The van der Waals surface area contributed by atoms with Gasteiger partial charge in [0.15, 0.2) is 6.61 Å². The minimum atomic E-state index is 0.0571. The van der Waals surface area contributed by atoms with E-state index in [4.69, 9.17) is 10.00 Å². The highest BCUT2D eigenvalue weighted by molar-refractivity contribution is 5.95. The summed E-state index contributed by atoms with van der Waals surface area (Å²) in [6.07, 6.45) is 4.69. The van der Waals surface area contributed by atoms with E-state index in [0.717, 1.165) is 24.1 Å². The zero-order valence-electron chi connectivity index (χ0n) is 23.6. The van der Waals surface area contributed by atoms with E-state index in [-0.39, 0.29) is 12.0 Å². The first-order valence-electron chi connectivity index (χ1n) is 14.1. The van der Waals surface area contributed by atoms with Crippen LogP contribution < -0.4 is 4.74 Å². The average Bonchev–Trinajstić information content (AvgIpc) is 3.24. The van der Waals surface area contributed by atoms with Crippen LogP contribution in [0.15, 0.2) is 84.9 Å². The molecule has 0 saturated carbocycles. The van der Waals surface area contributed by atoms with Crippen LogP contribution in [0.1, 0.15) is 63.6 Å². The number of nitrogens with zero attached hydrogens (tertiary/aromatic N) is 2. The monoisotopic (exact) mass is 514 g/mol. The van der Waals surface area contributed by atoms with Gasteiger partial charge >= 0.3 is 0 Å². The van der Waals surface area contributed by atoms with E-state index in [1.54, 1.807) is 0 Å². The zero-order valence-corrected chi connectivity index (χ0v) is 23.6. The molecule has 1 heterocycles. The van der Waals surface area contributed by atoms with Gasteiger partial charge in [-0.1, -0.05) is 101 Å². The summed E-state index contributed by atoms with van der Waals surface area (Å²) in [5, 5.41) is 12.5. The lowest BCUT2D eigenvalue weighted by Crippen LogP contribution is -2.11. The van der Waals surface area contributed by atoms with Crippen molar-refractivity contribution in [3.8, 4) is 23.1 Å². The maximum atomic E-state index is 8.87. The van der Waals surface area contributed by atoms with Gasteiger partial charge in [0.05, 0.1) is 5.69 Å². The molecule has 0 aliphatic carbocycles. The molecule has 4 aromatic carbocycles.